The van der Waals surface area contributed by atoms with Crippen LogP contribution >= 0.6 is 0 Å². The van der Waals surface area contributed by atoms with E-state index in [2.05, 4.69) is 39.5 Å². The van der Waals surface area contributed by atoms with Crippen LogP contribution < -0.4 is 10.6 Å². The van der Waals surface area contributed by atoms with Crippen molar-refractivity contribution < 1.29 is 4.74 Å². The number of nitrogens with one attached hydrogen (secondary N) is 2. The molecule has 2 rings (SSSR count). The maximum absolute atomic E-state index is 5.94. The maximum atomic E-state index is 5.94. The van der Waals surface area contributed by atoms with Crippen LogP contribution in [0.3, 0.4) is 0 Å². The lowest BCUT2D eigenvalue weighted by atomic mass is 9.98. The van der Waals surface area contributed by atoms with Crippen LogP contribution in [0.2, 0.25) is 0 Å². The van der Waals surface area contributed by atoms with E-state index >= 15 is 0 Å². The molecule has 5 nitrogen and oxygen atoms in total. The van der Waals surface area contributed by atoms with Crippen molar-refractivity contribution in [2.24, 2.45) is 4.99 Å². The van der Waals surface area contributed by atoms with E-state index in [-0.39, 0.29) is 0 Å². The Morgan fingerprint density at radius 3 is 2.70 bits per heavy atom. The van der Waals surface area contributed by atoms with E-state index in [1.54, 1.807) is 0 Å². The number of hydrogen-bond acceptors (Lipinski definition) is 2. The van der Waals surface area contributed by atoms with Crippen molar-refractivity contribution in [3.8, 4) is 0 Å². The van der Waals surface area contributed by atoms with Crippen molar-refractivity contribution in [2.75, 3.05) is 26.2 Å². The van der Waals surface area contributed by atoms with Gasteiger partial charge in [-0.1, -0.05) is 19.3 Å². The first kappa shape index (κ1) is 17.9. The molecule has 130 valence electrons. The Bertz CT molecular complexity index is 424. The summed E-state index contributed by atoms with van der Waals surface area (Å²) in [5.74, 6) is 0.900. The summed E-state index contributed by atoms with van der Waals surface area (Å²) in [6.45, 7) is 6.44. The molecule has 0 aliphatic heterocycles. The van der Waals surface area contributed by atoms with Gasteiger partial charge < -0.3 is 19.9 Å². The molecule has 1 heterocycles. The van der Waals surface area contributed by atoms with E-state index in [1.165, 1.54) is 32.1 Å². The highest BCUT2D eigenvalue weighted by molar-refractivity contribution is 5.79. The molecule has 1 aromatic heterocycles. The average molecular weight is 320 g/mol. The van der Waals surface area contributed by atoms with Gasteiger partial charge in [-0.15, -0.1) is 0 Å². The molecule has 5 heteroatoms. The van der Waals surface area contributed by atoms with Crippen molar-refractivity contribution in [2.45, 2.75) is 58.1 Å². The van der Waals surface area contributed by atoms with Crippen LogP contribution in [0, 0.1) is 0 Å². The minimum Gasteiger partial charge on any atom is -0.378 e. The Balaban J connectivity index is 1.58. The quantitative estimate of drug-likeness (QED) is 0.418. The number of aliphatic imine (C=N–C) groups is 1. The van der Waals surface area contributed by atoms with Gasteiger partial charge in [0, 0.05) is 45.2 Å². The lowest BCUT2D eigenvalue weighted by Crippen LogP contribution is -2.38. The molecule has 0 aromatic carbocycles. The van der Waals surface area contributed by atoms with Crippen molar-refractivity contribution >= 4 is 5.96 Å². The Labute approximate surface area is 140 Å². The predicted molar refractivity (Wildman–Crippen MR) is 95.9 cm³/mol. The molecule has 0 unspecified atom stereocenters. The number of hydrogen-bond donors (Lipinski definition) is 2. The topological polar surface area (TPSA) is 50.6 Å². The standard InChI is InChI=1S/C18H32N4O/c1-2-19-18(21-12-15-22-13-6-7-14-22)20-11-8-16-23-17-9-4-3-5-10-17/h6-7,13-14,17H,2-5,8-12,15-16H2,1H3,(H2,19,20,21). The first-order valence-electron chi connectivity index (χ1n) is 9.13. The van der Waals surface area contributed by atoms with Gasteiger partial charge in [-0.25, -0.2) is 0 Å². The molecule has 0 amide bonds. The molecular formula is C18H32N4O. The fraction of sp³-hybridized carbons (Fsp3) is 0.722. The summed E-state index contributed by atoms with van der Waals surface area (Å²) < 4.78 is 8.10. The van der Waals surface area contributed by atoms with E-state index in [0.29, 0.717) is 6.10 Å². The van der Waals surface area contributed by atoms with Crippen LogP contribution in [0.25, 0.3) is 0 Å². The predicted octanol–water partition coefficient (Wildman–Crippen LogP) is 2.78. The molecule has 1 saturated carbocycles. The number of ether oxygens (including phenoxy) is 1. The Morgan fingerprint density at radius 2 is 1.96 bits per heavy atom. The third kappa shape index (κ3) is 7.55. The first-order chi connectivity index (χ1) is 11.4. The highest BCUT2D eigenvalue weighted by Crippen LogP contribution is 2.20. The summed E-state index contributed by atoms with van der Waals surface area (Å²) in [4.78, 5) is 4.62. The van der Waals surface area contributed by atoms with Crippen LogP contribution in [-0.2, 0) is 11.3 Å². The zero-order valence-corrected chi connectivity index (χ0v) is 14.5. The molecule has 1 aliphatic rings. The average Bonchev–Trinajstić information content (AvgIpc) is 3.09. The van der Waals surface area contributed by atoms with Crippen LogP contribution in [0.4, 0.5) is 0 Å². The molecule has 23 heavy (non-hydrogen) atoms. The van der Waals surface area contributed by atoms with E-state index < -0.39 is 0 Å². The molecule has 0 saturated heterocycles. The van der Waals surface area contributed by atoms with Crippen molar-refractivity contribution in [1.29, 1.82) is 0 Å². The zero-order chi connectivity index (χ0) is 16.2. The normalized spacial score (nSPS) is 16.5. The van der Waals surface area contributed by atoms with Gasteiger partial charge in [-0.05, 0) is 38.3 Å². The van der Waals surface area contributed by atoms with E-state index in [9.17, 15) is 0 Å². The molecule has 0 atom stereocenters. The third-order valence-corrected chi connectivity index (χ3v) is 4.15. The smallest absolute Gasteiger partial charge is 0.191 e. The van der Waals surface area contributed by atoms with Gasteiger partial charge in [0.05, 0.1) is 6.10 Å². The summed E-state index contributed by atoms with van der Waals surface area (Å²) in [6, 6.07) is 4.09. The van der Waals surface area contributed by atoms with Crippen LogP contribution in [0.1, 0.15) is 45.4 Å². The molecule has 1 aliphatic carbocycles. The largest absolute Gasteiger partial charge is 0.378 e. The molecule has 1 aromatic rings. The van der Waals surface area contributed by atoms with Gasteiger partial charge in [-0.2, -0.15) is 0 Å². The first-order valence-corrected chi connectivity index (χ1v) is 9.13. The highest BCUT2D eigenvalue weighted by atomic mass is 16.5. The second kappa shape index (κ2) is 11.1. The van der Waals surface area contributed by atoms with Gasteiger partial charge in [0.2, 0.25) is 0 Å². The van der Waals surface area contributed by atoms with Gasteiger partial charge in [0.15, 0.2) is 5.96 Å². The third-order valence-electron chi connectivity index (χ3n) is 4.15. The van der Waals surface area contributed by atoms with Crippen molar-refractivity contribution in [1.82, 2.24) is 15.2 Å². The van der Waals surface area contributed by atoms with Gasteiger partial charge in [0.25, 0.3) is 0 Å². The second-order valence-electron chi connectivity index (χ2n) is 6.09. The fourth-order valence-corrected chi connectivity index (χ4v) is 2.90. The Hall–Kier alpha value is -1.49. The minimum absolute atomic E-state index is 0.501. The highest BCUT2D eigenvalue weighted by Gasteiger charge is 2.12. The summed E-state index contributed by atoms with van der Waals surface area (Å²) in [5, 5.41) is 6.67. The van der Waals surface area contributed by atoms with Crippen LogP contribution in [-0.4, -0.2) is 42.9 Å². The van der Waals surface area contributed by atoms with E-state index in [1.807, 2.05) is 12.1 Å². The number of rotatable bonds is 9. The van der Waals surface area contributed by atoms with Crippen LogP contribution in [0.15, 0.2) is 29.5 Å². The Kier molecular flexibility index (Phi) is 8.62. The van der Waals surface area contributed by atoms with Gasteiger partial charge in [-0.3, -0.25) is 4.99 Å². The molecule has 0 spiro atoms. The van der Waals surface area contributed by atoms with Crippen molar-refractivity contribution in [3.05, 3.63) is 24.5 Å². The molecular weight excluding hydrogens is 288 g/mol. The summed E-state index contributed by atoms with van der Waals surface area (Å²) in [5.41, 5.74) is 0. The number of aromatic nitrogens is 1. The number of guanidine groups is 1. The zero-order valence-electron chi connectivity index (χ0n) is 14.5. The monoisotopic (exact) mass is 320 g/mol. The van der Waals surface area contributed by atoms with Gasteiger partial charge in [0.1, 0.15) is 0 Å². The lowest BCUT2D eigenvalue weighted by molar-refractivity contribution is 0.0281. The minimum atomic E-state index is 0.501. The fourth-order valence-electron chi connectivity index (χ4n) is 2.90. The molecule has 2 N–H and O–H groups in total. The SMILES string of the molecule is CCNC(=NCCCOC1CCCCC1)NCCn1cccc1. The lowest BCUT2D eigenvalue weighted by Gasteiger charge is -2.21. The summed E-state index contributed by atoms with van der Waals surface area (Å²) >= 11 is 0. The maximum Gasteiger partial charge on any atom is 0.191 e. The van der Waals surface area contributed by atoms with Gasteiger partial charge >= 0.3 is 0 Å². The second-order valence-corrected chi connectivity index (χ2v) is 6.09. The van der Waals surface area contributed by atoms with Crippen LogP contribution in [0.5, 0.6) is 0 Å². The summed E-state index contributed by atoms with van der Waals surface area (Å²) in [6.07, 6.45) is 12.2. The summed E-state index contributed by atoms with van der Waals surface area (Å²) in [7, 11) is 0. The van der Waals surface area contributed by atoms with Crippen molar-refractivity contribution in [3.63, 3.8) is 0 Å². The van der Waals surface area contributed by atoms with E-state index in [4.69, 9.17) is 4.74 Å². The number of nitrogens with zero attached hydrogens (tertiary/aromatic N) is 2. The molecule has 1 fully saturated rings. The molecule has 0 bridgehead atoms. The van der Waals surface area contributed by atoms with E-state index in [0.717, 1.165) is 45.2 Å². The molecule has 0 radical (unpaired) electrons. The Morgan fingerprint density at radius 1 is 1.17 bits per heavy atom.